The molecular weight excluding hydrogens is 451 g/mol. The summed E-state index contributed by atoms with van der Waals surface area (Å²) >= 11 is 0. The fourth-order valence-corrected chi connectivity index (χ4v) is 3.24. The third-order valence-corrected chi connectivity index (χ3v) is 5.26. The van der Waals surface area contributed by atoms with Gasteiger partial charge in [-0.1, -0.05) is 6.07 Å². The van der Waals surface area contributed by atoms with Crippen LogP contribution in [0.4, 0.5) is 22.0 Å². The first-order valence-corrected chi connectivity index (χ1v) is 9.75. The van der Waals surface area contributed by atoms with Gasteiger partial charge in [0.1, 0.15) is 17.2 Å². The van der Waals surface area contributed by atoms with Crippen LogP contribution < -0.4 is 10.6 Å². The molecule has 2 aromatic carbocycles. The summed E-state index contributed by atoms with van der Waals surface area (Å²) in [6.45, 7) is 1.48. The number of methoxy groups -OCH3 is 1. The third kappa shape index (κ3) is 5.29. The number of hydrogen-bond acceptors (Lipinski definition) is 4. The second-order valence-electron chi connectivity index (χ2n) is 7.69. The van der Waals surface area contributed by atoms with Gasteiger partial charge in [0.15, 0.2) is 0 Å². The van der Waals surface area contributed by atoms with E-state index >= 15 is 0 Å². The Morgan fingerprint density at radius 3 is 2.24 bits per heavy atom. The minimum Gasteiger partial charge on any atom is -0.465 e. The number of rotatable bonds is 6. The minimum atomic E-state index is -4.85. The van der Waals surface area contributed by atoms with Gasteiger partial charge in [-0.3, -0.25) is 9.59 Å². The van der Waals surface area contributed by atoms with Crippen molar-refractivity contribution in [2.24, 2.45) is 0 Å². The number of benzene rings is 2. The number of halogens is 5. The molecule has 0 aliphatic heterocycles. The van der Waals surface area contributed by atoms with Crippen LogP contribution in [-0.2, 0) is 15.7 Å². The Balaban J connectivity index is 1.72. The van der Waals surface area contributed by atoms with Gasteiger partial charge in [-0.05, 0) is 50.1 Å². The molecule has 1 fully saturated rings. The zero-order valence-corrected chi connectivity index (χ0v) is 17.5. The predicted octanol–water partition coefficient (Wildman–Crippen LogP) is 3.91. The van der Waals surface area contributed by atoms with Gasteiger partial charge in [-0.15, -0.1) is 0 Å². The number of carbonyl (C=O) groups is 3. The van der Waals surface area contributed by atoms with Crippen LogP contribution in [0.2, 0.25) is 0 Å². The molecule has 0 heterocycles. The first-order valence-electron chi connectivity index (χ1n) is 9.75. The fraction of sp³-hybridized carbons (Fsp3) is 0.318. The molecule has 6 nitrogen and oxygen atoms in total. The van der Waals surface area contributed by atoms with Gasteiger partial charge in [0.05, 0.1) is 24.3 Å². The quantitative estimate of drug-likeness (QED) is 0.495. The first-order chi connectivity index (χ1) is 15.4. The van der Waals surface area contributed by atoms with E-state index in [-0.39, 0.29) is 30.0 Å². The second kappa shape index (κ2) is 8.80. The van der Waals surface area contributed by atoms with E-state index in [0.717, 1.165) is 13.2 Å². The lowest BCUT2D eigenvalue weighted by molar-refractivity contribution is -0.137. The van der Waals surface area contributed by atoms with Crippen LogP contribution in [0.3, 0.4) is 0 Å². The van der Waals surface area contributed by atoms with Crippen LogP contribution >= 0.6 is 0 Å². The van der Waals surface area contributed by atoms with E-state index in [4.69, 9.17) is 0 Å². The topological polar surface area (TPSA) is 84.5 Å². The fourth-order valence-electron chi connectivity index (χ4n) is 3.24. The SMILES string of the molecule is COC(=O)c1ccc(C(C)NC(=O)C2(NC(=O)c3cc(F)cc(C(F)(F)F)c3)CC2)c(F)c1. The Morgan fingerprint density at radius 2 is 1.70 bits per heavy atom. The molecule has 0 bridgehead atoms. The molecule has 0 spiro atoms. The van der Waals surface area contributed by atoms with Gasteiger partial charge in [0.2, 0.25) is 5.91 Å². The summed E-state index contributed by atoms with van der Waals surface area (Å²) in [5.41, 5.74) is -3.27. The molecule has 3 rings (SSSR count). The Labute approximate surface area is 185 Å². The van der Waals surface area contributed by atoms with Crippen molar-refractivity contribution in [2.45, 2.75) is 37.5 Å². The van der Waals surface area contributed by atoms with Crippen molar-refractivity contribution in [3.05, 3.63) is 70.3 Å². The monoisotopic (exact) mass is 470 g/mol. The molecule has 2 N–H and O–H groups in total. The lowest BCUT2D eigenvalue weighted by Gasteiger charge is -2.22. The molecule has 1 saturated carbocycles. The van der Waals surface area contributed by atoms with Gasteiger partial charge >= 0.3 is 12.1 Å². The van der Waals surface area contributed by atoms with Gasteiger partial charge in [-0.2, -0.15) is 13.2 Å². The maximum atomic E-state index is 14.4. The van der Waals surface area contributed by atoms with Crippen molar-refractivity contribution < 1.29 is 41.1 Å². The summed E-state index contributed by atoms with van der Waals surface area (Å²) in [4.78, 5) is 36.7. The molecule has 176 valence electrons. The zero-order valence-electron chi connectivity index (χ0n) is 17.5. The number of nitrogens with one attached hydrogen (secondary N) is 2. The van der Waals surface area contributed by atoms with Crippen LogP contribution in [0.5, 0.6) is 0 Å². The smallest absolute Gasteiger partial charge is 0.416 e. The Hall–Kier alpha value is -3.50. The van der Waals surface area contributed by atoms with Crippen LogP contribution in [0, 0.1) is 11.6 Å². The molecule has 2 aromatic rings. The first kappa shape index (κ1) is 24.1. The van der Waals surface area contributed by atoms with Crippen LogP contribution in [0.25, 0.3) is 0 Å². The molecule has 2 amide bonds. The molecule has 1 unspecified atom stereocenters. The highest BCUT2D eigenvalue weighted by molar-refractivity contribution is 6.01. The van der Waals surface area contributed by atoms with E-state index in [9.17, 15) is 36.3 Å². The molecule has 1 aliphatic carbocycles. The highest BCUT2D eigenvalue weighted by atomic mass is 19.4. The van der Waals surface area contributed by atoms with Crippen molar-refractivity contribution >= 4 is 17.8 Å². The summed E-state index contributed by atoms with van der Waals surface area (Å²) in [6.07, 6.45) is -4.46. The van der Waals surface area contributed by atoms with Gasteiger partial charge in [0, 0.05) is 11.1 Å². The number of carbonyl (C=O) groups excluding carboxylic acids is 3. The molecule has 1 atom stereocenters. The Kier molecular flexibility index (Phi) is 6.44. The summed E-state index contributed by atoms with van der Waals surface area (Å²) in [5.74, 6) is -4.47. The van der Waals surface area contributed by atoms with Crippen molar-refractivity contribution in [1.82, 2.24) is 10.6 Å². The van der Waals surface area contributed by atoms with Crippen LogP contribution in [0.15, 0.2) is 36.4 Å². The van der Waals surface area contributed by atoms with E-state index in [0.29, 0.717) is 12.1 Å². The summed E-state index contributed by atoms with van der Waals surface area (Å²) in [7, 11) is 1.15. The lowest BCUT2D eigenvalue weighted by atomic mass is 10.0. The second-order valence-corrected chi connectivity index (χ2v) is 7.69. The minimum absolute atomic E-state index is 0.0171. The number of amides is 2. The van der Waals surface area contributed by atoms with Gasteiger partial charge in [0.25, 0.3) is 5.91 Å². The van der Waals surface area contributed by atoms with Crippen LogP contribution in [-0.4, -0.2) is 30.4 Å². The predicted molar refractivity (Wildman–Crippen MR) is 105 cm³/mol. The maximum Gasteiger partial charge on any atom is 0.416 e. The average Bonchev–Trinajstić information content (AvgIpc) is 3.52. The molecule has 33 heavy (non-hydrogen) atoms. The highest BCUT2D eigenvalue weighted by Crippen LogP contribution is 2.37. The van der Waals surface area contributed by atoms with Gasteiger partial charge in [-0.25, -0.2) is 13.6 Å². The number of ether oxygens (including phenoxy) is 1. The largest absolute Gasteiger partial charge is 0.465 e. The number of hydrogen-bond donors (Lipinski definition) is 2. The zero-order chi connectivity index (χ0) is 24.6. The van der Waals surface area contributed by atoms with Crippen molar-refractivity contribution in [2.75, 3.05) is 7.11 Å². The molecular formula is C22H19F5N2O4. The molecule has 0 saturated heterocycles. The summed E-state index contributed by atoms with van der Waals surface area (Å²) in [6, 6.07) is 4.12. The summed E-state index contributed by atoms with van der Waals surface area (Å²) in [5, 5.41) is 4.89. The molecule has 11 heteroatoms. The van der Waals surface area contributed by atoms with Crippen molar-refractivity contribution in [1.29, 1.82) is 0 Å². The normalized spacial score (nSPS) is 15.4. The summed E-state index contributed by atoms with van der Waals surface area (Å²) < 4.78 is 71.2. The van der Waals surface area contributed by atoms with Crippen molar-refractivity contribution in [3.63, 3.8) is 0 Å². The Morgan fingerprint density at radius 1 is 1.03 bits per heavy atom. The van der Waals surface area contributed by atoms with E-state index in [1.54, 1.807) is 0 Å². The van der Waals surface area contributed by atoms with Crippen LogP contribution in [0.1, 0.15) is 57.7 Å². The number of alkyl halides is 3. The Bertz CT molecular complexity index is 1110. The standard InChI is InChI=1S/C22H19F5N2O4/c1-11(16-4-3-12(9-17(16)24)19(31)33-2)28-20(32)21(5-6-21)29-18(30)13-7-14(22(25,26)27)10-15(23)8-13/h3-4,7-11H,5-6H2,1-2H3,(H,28,32)(H,29,30). The molecule has 1 aliphatic rings. The lowest BCUT2D eigenvalue weighted by Crippen LogP contribution is -2.49. The van der Waals surface area contributed by atoms with Crippen molar-refractivity contribution in [3.8, 4) is 0 Å². The van der Waals surface area contributed by atoms with E-state index in [1.165, 1.54) is 19.1 Å². The maximum absolute atomic E-state index is 14.4. The van der Waals surface area contributed by atoms with Gasteiger partial charge < -0.3 is 15.4 Å². The van der Waals surface area contributed by atoms with E-state index in [1.807, 2.05) is 0 Å². The average molecular weight is 470 g/mol. The van der Waals surface area contributed by atoms with E-state index in [2.05, 4.69) is 15.4 Å². The number of esters is 1. The molecule has 0 radical (unpaired) electrons. The molecule has 0 aromatic heterocycles. The third-order valence-electron chi connectivity index (χ3n) is 5.26. The highest BCUT2D eigenvalue weighted by Gasteiger charge is 2.51. The van der Waals surface area contributed by atoms with E-state index < -0.39 is 58.3 Å².